The Bertz CT molecular complexity index is 445. The zero-order valence-corrected chi connectivity index (χ0v) is 11.4. The van der Waals surface area contributed by atoms with E-state index in [-0.39, 0.29) is 5.91 Å². The Morgan fingerprint density at radius 1 is 1.44 bits per heavy atom. The van der Waals surface area contributed by atoms with E-state index in [1.165, 1.54) is 0 Å². The second-order valence-electron chi connectivity index (χ2n) is 5.51. The molecule has 18 heavy (non-hydrogen) atoms. The predicted molar refractivity (Wildman–Crippen MR) is 70.5 cm³/mol. The molecule has 1 aliphatic carbocycles. The number of amides is 1. The molecule has 1 N–H and O–H groups in total. The van der Waals surface area contributed by atoms with Gasteiger partial charge in [-0.05, 0) is 31.9 Å². The molecule has 1 aromatic heterocycles. The number of carbonyl (C=O) groups is 1. The van der Waals surface area contributed by atoms with Gasteiger partial charge in [0.25, 0.3) is 5.91 Å². The molecule has 0 atom stereocenters. The van der Waals surface area contributed by atoms with Crippen molar-refractivity contribution in [1.29, 1.82) is 0 Å². The van der Waals surface area contributed by atoms with Crippen LogP contribution in [0.15, 0.2) is 12.1 Å². The van der Waals surface area contributed by atoms with Gasteiger partial charge in [-0.3, -0.25) is 4.79 Å². The lowest BCUT2D eigenvalue weighted by atomic mass is 10.0. The fourth-order valence-electron chi connectivity index (χ4n) is 2.73. The lowest BCUT2D eigenvalue weighted by molar-refractivity contribution is 0.0153. The maximum absolute atomic E-state index is 12.3. The van der Waals surface area contributed by atoms with Crippen LogP contribution in [0.3, 0.4) is 0 Å². The van der Waals surface area contributed by atoms with Crippen molar-refractivity contribution < 1.29 is 9.90 Å². The van der Waals surface area contributed by atoms with E-state index in [1.807, 2.05) is 30.7 Å². The number of nitrogens with zero attached hydrogens (tertiary/aromatic N) is 2. The van der Waals surface area contributed by atoms with Crippen LogP contribution in [0.25, 0.3) is 0 Å². The highest BCUT2D eigenvalue weighted by molar-refractivity contribution is 5.92. The summed E-state index contributed by atoms with van der Waals surface area (Å²) in [5.41, 5.74) is 1.06. The molecule has 4 heteroatoms. The van der Waals surface area contributed by atoms with Crippen LogP contribution in [0.2, 0.25) is 0 Å². The molecule has 2 rings (SSSR count). The molecule has 0 unspecified atom stereocenters. The average Bonchev–Trinajstić information content (AvgIpc) is 2.87. The Labute approximate surface area is 108 Å². The molecular formula is C14H22N2O2. The van der Waals surface area contributed by atoms with Crippen LogP contribution >= 0.6 is 0 Å². The van der Waals surface area contributed by atoms with Crippen molar-refractivity contribution in [3.8, 4) is 0 Å². The van der Waals surface area contributed by atoms with Crippen LogP contribution < -0.4 is 0 Å². The molecule has 0 spiro atoms. The van der Waals surface area contributed by atoms with Crippen LogP contribution in [-0.2, 0) is 7.05 Å². The summed E-state index contributed by atoms with van der Waals surface area (Å²) < 4.78 is 1.89. The molecule has 1 amide bonds. The first-order valence-corrected chi connectivity index (χ1v) is 6.53. The Kier molecular flexibility index (Phi) is 3.48. The van der Waals surface area contributed by atoms with Crippen molar-refractivity contribution >= 4 is 5.91 Å². The molecule has 0 bridgehead atoms. The number of aliphatic hydroxyl groups is 1. The lowest BCUT2D eigenvalue weighted by Gasteiger charge is -2.28. The van der Waals surface area contributed by atoms with E-state index in [0.29, 0.717) is 12.2 Å². The van der Waals surface area contributed by atoms with Gasteiger partial charge >= 0.3 is 0 Å². The highest BCUT2D eigenvalue weighted by Crippen LogP contribution is 2.30. The van der Waals surface area contributed by atoms with Crippen LogP contribution in [0.5, 0.6) is 0 Å². The van der Waals surface area contributed by atoms with E-state index >= 15 is 0 Å². The second-order valence-corrected chi connectivity index (χ2v) is 5.51. The summed E-state index contributed by atoms with van der Waals surface area (Å²) in [6.07, 6.45) is 3.72. The summed E-state index contributed by atoms with van der Waals surface area (Å²) in [5.74, 6) is -0.0223. The van der Waals surface area contributed by atoms with Gasteiger partial charge in [-0.1, -0.05) is 12.8 Å². The van der Waals surface area contributed by atoms with Crippen molar-refractivity contribution in [2.24, 2.45) is 7.05 Å². The van der Waals surface area contributed by atoms with E-state index in [0.717, 1.165) is 31.4 Å². The number of carbonyl (C=O) groups excluding carboxylic acids is 1. The third kappa shape index (κ3) is 2.43. The van der Waals surface area contributed by atoms with E-state index in [1.54, 1.807) is 11.9 Å². The van der Waals surface area contributed by atoms with Crippen LogP contribution in [-0.4, -0.2) is 39.7 Å². The fourth-order valence-corrected chi connectivity index (χ4v) is 2.73. The highest BCUT2D eigenvalue weighted by Gasteiger charge is 2.33. The highest BCUT2D eigenvalue weighted by atomic mass is 16.3. The first-order chi connectivity index (χ1) is 8.43. The molecular weight excluding hydrogens is 228 g/mol. The molecule has 0 radical (unpaired) electrons. The van der Waals surface area contributed by atoms with E-state index in [2.05, 4.69) is 0 Å². The third-order valence-corrected chi connectivity index (χ3v) is 4.00. The van der Waals surface area contributed by atoms with Crippen molar-refractivity contribution in [1.82, 2.24) is 9.47 Å². The third-order valence-electron chi connectivity index (χ3n) is 4.00. The summed E-state index contributed by atoms with van der Waals surface area (Å²) >= 11 is 0. The zero-order valence-electron chi connectivity index (χ0n) is 11.4. The number of likely N-dealkylation sites (N-methyl/N-ethyl adjacent to an activating group) is 1. The molecule has 0 aromatic carbocycles. The van der Waals surface area contributed by atoms with Gasteiger partial charge in [0.2, 0.25) is 0 Å². The van der Waals surface area contributed by atoms with Crippen molar-refractivity contribution in [2.45, 2.75) is 38.2 Å². The van der Waals surface area contributed by atoms with Crippen molar-refractivity contribution in [3.63, 3.8) is 0 Å². The number of aromatic nitrogens is 1. The van der Waals surface area contributed by atoms with Gasteiger partial charge in [0.15, 0.2) is 0 Å². The predicted octanol–water partition coefficient (Wildman–Crippen LogP) is 1.71. The largest absolute Gasteiger partial charge is 0.388 e. The van der Waals surface area contributed by atoms with Crippen LogP contribution in [0.1, 0.15) is 41.9 Å². The van der Waals surface area contributed by atoms with Gasteiger partial charge < -0.3 is 14.6 Å². The minimum Gasteiger partial charge on any atom is -0.388 e. The topological polar surface area (TPSA) is 45.5 Å². The zero-order chi connectivity index (χ0) is 13.3. The fraction of sp³-hybridized carbons (Fsp3) is 0.643. The summed E-state index contributed by atoms with van der Waals surface area (Å²) in [6, 6.07) is 3.78. The molecule has 1 fully saturated rings. The normalized spacial score (nSPS) is 18.0. The first-order valence-electron chi connectivity index (χ1n) is 6.53. The van der Waals surface area contributed by atoms with E-state index in [9.17, 15) is 9.90 Å². The Morgan fingerprint density at radius 2 is 2.06 bits per heavy atom. The molecule has 1 heterocycles. The Balaban J connectivity index is 2.07. The van der Waals surface area contributed by atoms with Gasteiger partial charge in [-0.25, -0.2) is 0 Å². The quantitative estimate of drug-likeness (QED) is 0.887. The number of aryl methyl sites for hydroxylation is 1. The SMILES string of the molecule is Cc1ccc(C(=O)N(C)CC2(O)CCCC2)n1C. The monoisotopic (exact) mass is 250 g/mol. The van der Waals surface area contributed by atoms with Gasteiger partial charge in [0.05, 0.1) is 5.60 Å². The minimum atomic E-state index is -0.676. The Morgan fingerprint density at radius 3 is 2.56 bits per heavy atom. The van der Waals surface area contributed by atoms with Crippen LogP contribution in [0, 0.1) is 6.92 Å². The van der Waals surface area contributed by atoms with Gasteiger partial charge in [-0.15, -0.1) is 0 Å². The maximum atomic E-state index is 12.3. The summed E-state index contributed by atoms with van der Waals surface area (Å²) in [6.45, 7) is 2.40. The minimum absolute atomic E-state index is 0.0223. The standard InChI is InChI=1S/C14H22N2O2/c1-11-6-7-12(16(11)3)13(17)15(2)10-14(18)8-4-5-9-14/h6-7,18H,4-5,8-10H2,1-3H3. The van der Waals surface area contributed by atoms with Gasteiger partial charge in [0.1, 0.15) is 5.69 Å². The molecule has 4 nitrogen and oxygen atoms in total. The van der Waals surface area contributed by atoms with Crippen LogP contribution in [0.4, 0.5) is 0 Å². The molecule has 0 aliphatic heterocycles. The van der Waals surface area contributed by atoms with Crippen molar-refractivity contribution in [3.05, 3.63) is 23.5 Å². The molecule has 1 saturated carbocycles. The number of rotatable bonds is 3. The summed E-state index contributed by atoms with van der Waals surface area (Å²) in [5, 5.41) is 10.3. The van der Waals surface area contributed by atoms with Gasteiger partial charge in [-0.2, -0.15) is 0 Å². The maximum Gasteiger partial charge on any atom is 0.270 e. The first kappa shape index (κ1) is 13.1. The second kappa shape index (κ2) is 4.76. The van der Waals surface area contributed by atoms with Gasteiger partial charge in [0, 0.05) is 26.3 Å². The van der Waals surface area contributed by atoms with E-state index < -0.39 is 5.60 Å². The number of hydrogen-bond acceptors (Lipinski definition) is 2. The van der Waals surface area contributed by atoms with Crippen molar-refractivity contribution in [2.75, 3.05) is 13.6 Å². The lowest BCUT2D eigenvalue weighted by Crippen LogP contribution is -2.42. The smallest absolute Gasteiger partial charge is 0.270 e. The summed E-state index contributed by atoms with van der Waals surface area (Å²) in [7, 11) is 3.65. The average molecular weight is 250 g/mol. The molecule has 100 valence electrons. The Hall–Kier alpha value is -1.29. The van der Waals surface area contributed by atoms with E-state index in [4.69, 9.17) is 0 Å². The molecule has 1 aliphatic rings. The summed E-state index contributed by atoms with van der Waals surface area (Å²) in [4.78, 5) is 13.9. The molecule has 0 saturated heterocycles. The molecule has 1 aromatic rings. The number of hydrogen-bond donors (Lipinski definition) is 1.